The summed E-state index contributed by atoms with van der Waals surface area (Å²) in [7, 11) is 0. The third kappa shape index (κ3) is 2.68. The van der Waals surface area contributed by atoms with Crippen LogP contribution < -0.4 is 0 Å². The number of carbonyl (C=O) groups is 1. The molecule has 0 unspecified atom stereocenters. The zero-order valence-electron chi connectivity index (χ0n) is 9.63. The number of hydrogen-bond acceptors (Lipinski definition) is 6. The number of rotatable bonds is 4. The molecule has 7 heteroatoms. The fourth-order valence-corrected chi connectivity index (χ4v) is 2.70. The van der Waals surface area contributed by atoms with Gasteiger partial charge in [-0.3, -0.25) is 10.1 Å². The third-order valence-corrected chi connectivity index (χ3v) is 3.93. The zero-order chi connectivity index (χ0) is 13.2. The second kappa shape index (κ2) is 5.03. The van der Waals surface area contributed by atoms with Crippen molar-refractivity contribution in [3.63, 3.8) is 0 Å². The molecule has 0 amide bonds. The molecule has 0 aliphatic heterocycles. The van der Waals surface area contributed by atoms with Gasteiger partial charge >= 0.3 is 11.0 Å². The SMILES string of the molecule is O=C(OCc1csc([N+](=O)[O-])c1)C1(O)CCCC1. The summed E-state index contributed by atoms with van der Waals surface area (Å²) in [6.45, 7) is -0.0362. The maximum absolute atomic E-state index is 11.7. The van der Waals surface area contributed by atoms with Crippen molar-refractivity contribution in [2.24, 2.45) is 0 Å². The normalized spacial score (nSPS) is 17.6. The predicted molar refractivity (Wildman–Crippen MR) is 64.2 cm³/mol. The van der Waals surface area contributed by atoms with Crippen LogP contribution in [0.1, 0.15) is 31.2 Å². The topological polar surface area (TPSA) is 89.7 Å². The Hall–Kier alpha value is -1.47. The molecule has 0 saturated heterocycles. The van der Waals surface area contributed by atoms with Gasteiger partial charge in [-0.15, -0.1) is 0 Å². The molecule has 1 aromatic heterocycles. The Labute approximate surface area is 107 Å². The van der Waals surface area contributed by atoms with Crippen molar-refractivity contribution < 1.29 is 19.6 Å². The van der Waals surface area contributed by atoms with Gasteiger partial charge in [-0.25, -0.2) is 4.79 Å². The standard InChI is InChI=1S/C11H13NO5S/c13-10(11(14)3-1-2-4-11)17-6-8-5-9(12(15)16)18-7-8/h5,7,14H,1-4,6H2. The number of nitro groups is 1. The minimum atomic E-state index is -1.36. The summed E-state index contributed by atoms with van der Waals surface area (Å²) in [6.07, 6.45) is 2.48. The molecule has 1 aliphatic carbocycles. The van der Waals surface area contributed by atoms with Crippen LogP contribution >= 0.6 is 11.3 Å². The van der Waals surface area contributed by atoms with Crippen LogP contribution in [-0.2, 0) is 16.1 Å². The van der Waals surface area contributed by atoms with E-state index in [0.717, 1.165) is 24.2 Å². The molecule has 1 saturated carbocycles. The first-order chi connectivity index (χ1) is 8.51. The Morgan fingerprint density at radius 3 is 2.78 bits per heavy atom. The molecular weight excluding hydrogens is 258 g/mol. The van der Waals surface area contributed by atoms with Crippen LogP contribution in [0.4, 0.5) is 5.00 Å². The number of nitrogens with zero attached hydrogens (tertiary/aromatic N) is 1. The summed E-state index contributed by atoms with van der Waals surface area (Å²) >= 11 is 0.988. The van der Waals surface area contributed by atoms with Gasteiger partial charge in [-0.1, -0.05) is 11.3 Å². The highest BCUT2D eigenvalue weighted by Gasteiger charge is 2.40. The molecule has 0 atom stereocenters. The van der Waals surface area contributed by atoms with Crippen molar-refractivity contribution in [2.75, 3.05) is 0 Å². The highest BCUT2D eigenvalue weighted by Crippen LogP contribution is 2.31. The Balaban J connectivity index is 1.90. The molecule has 1 aliphatic rings. The van der Waals surface area contributed by atoms with E-state index in [1.807, 2.05) is 0 Å². The Morgan fingerprint density at radius 1 is 1.56 bits per heavy atom. The average molecular weight is 271 g/mol. The average Bonchev–Trinajstić information content (AvgIpc) is 2.95. The second-order valence-corrected chi connectivity index (χ2v) is 5.25. The summed E-state index contributed by atoms with van der Waals surface area (Å²) < 4.78 is 5.00. The van der Waals surface area contributed by atoms with Crippen molar-refractivity contribution >= 4 is 22.3 Å². The minimum Gasteiger partial charge on any atom is -0.459 e. The molecule has 2 rings (SSSR count). The predicted octanol–water partition coefficient (Wildman–Crippen LogP) is 2.00. The van der Waals surface area contributed by atoms with Gasteiger partial charge in [0.05, 0.1) is 4.92 Å². The fraction of sp³-hybridized carbons (Fsp3) is 0.545. The van der Waals surface area contributed by atoms with Crippen molar-refractivity contribution in [1.29, 1.82) is 0 Å². The van der Waals surface area contributed by atoms with Gasteiger partial charge in [-0.2, -0.15) is 0 Å². The van der Waals surface area contributed by atoms with Gasteiger partial charge in [-0.05, 0) is 25.7 Å². The first kappa shape index (κ1) is 13.0. The Morgan fingerprint density at radius 2 is 2.22 bits per heavy atom. The van der Waals surface area contributed by atoms with E-state index < -0.39 is 16.5 Å². The van der Waals surface area contributed by atoms with E-state index in [1.165, 1.54) is 6.07 Å². The maximum Gasteiger partial charge on any atom is 0.338 e. The van der Waals surface area contributed by atoms with Crippen molar-refractivity contribution in [3.8, 4) is 0 Å². The van der Waals surface area contributed by atoms with E-state index in [9.17, 15) is 20.0 Å². The quantitative estimate of drug-likeness (QED) is 0.514. The molecule has 1 fully saturated rings. The molecular formula is C11H13NO5S. The summed E-state index contributed by atoms with van der Waals surface area (Å²) in [5, 5.41) is 22.0. The minimum absolute atomic E-state index is 0.0145. The number of hydrogen-bond donors (Lipinski definition) is 1. The van der Waals surface area contributed by atoms with Gasteiger partial charge < -0.3 is 9.84 Å². The van der Waals surface area contributed by atoms with Crippen LogP contribution in [-0.4, -0.2) is 21.6 Å². The lowest BCUT2D eigenvalue weighted by Crippen LogP contribution is -2.36. The van der Waals surface area contributed by atoms with Crippen molar-refractivity contribution in [2.45, 2.75) is 37.9 Å². The fourth-order valence-electron chi connectivity index (χ4n) is 1.98. The third-order valence-electron chi connectivity index (χ3n) is 3.00. The molecule has 0 bridgehead atoms. The van der Waals surface area contributed by atoms with Crippen LogP contribution in [0.5, 0.6) is 0 Å². The van der Waals surface area contributed by atoms with Gasteiger partial charge in [0.25, 0.3) is 0 Å². The van der Waals surface area contributed by atoms with E-state index in [2.05, 4.69) is 0 Å². The Kier molecular flexibility index (Phi) is 3.63. The van der Waals surface area contributed by atoms with Crippen molar-refractivity contribution in [3.05, 3.63) is 27.1 Å². The van der Waals surface area contributed by atoms with Gasteiger partial charge in [0.2, 0.25) is 0 Å². The van der Waals surface area contributed by atoms with Crippen molar-refractivity contribution in [1.82, 2.24) is 0 Å². The molecule has 0 radical (unpaired) electrons. The molecule has 98 valence electrons. The number of esters is 1. The lowest BCUT2D eigenvalue weighted by molar-refractivity contribution is -0.380. The highest BCUT2D eigenvalue weighted by molar-refractivity contribution is 7.13. The number of thiophene rings is 1. The largest absolute Gasteiger partial charge is 0.459 e. The summed E-state index contributed by atoms with van der Waals surface area (Å²) in [5.74, 6) is -0.631. The molecule has 1 N–H and O–H groups in total. The van der Waals surface area contributed by atoms with Crippen LogP contribution in [0.15, 0.2) is 11.4 Å². The first-order valence-corrected chi connectivity index (χ1v) is 6.51. The molecule has 18 heavy (non-hydrogen) atoms. The molecule has 6 nitrogen and oxygen atoms in total. The summed E-state index contributed by atoms with van der Waals surface area (Å²) in [4.78, 5) is 21.7. The lowest BCUT2D eigenvalue weighted by atomic mass is 10.0. The van der Waals surface area contributed by atoms with Gasteiger partial charge in [0.1, 0.15) is 6.61 Å². The summed E-state index contributed by atoms with van der Waals surface area (Å²) in [5.41, 5.74) is -0.788. The van der Waals surface area contributed by atoms with E-state index in [-0.39, 0.29) is 11.6 Å². The first-order valence-electron chi connectivity index (χ1n) is 5.63. The number of aliphatic hydroxyl groups is 1. The zero-order valence-corrected chi connectivity index (χ0v) is 10.4. The second-order valence-electron chi connectivity index (χ2n) is 4.37. The van der Waals surface area contributed by atoms with E-state index in [4.69, 9.17) is 4.74 Å². The molecule has 1 aromatic rings. The van der Waals surface area contributed by atoms with E-state index in [1.54, 1.807) is 5.38 Å². The van der Waals surface area contributed by atoms with Gasteiger partial charge in [0.15, 0.2) is 5.60 Å². The lowest BCUT2D eigenvalue weighted by Gasteiger charge is -2.19. The molecule has 0 aromatic carbocycles. The maximum atomic E-state index is 11.7. The molecule has 0 spiro atoms. The number of carbonyl (C=O) groups excluding carboxylic acids is 1. The highest BCUT2D eigenvalue weighted by atomic mass is 32.1. The van der Waals surface area contributed by atoms with E-state index in [0.29, 0.717) is 18.4 Å². The monoisotopic (exact) mass is 271 g/mol. The van der Waals surface area contributed by atoms with Crippen LogP contribution in [0.25, 0.3) is 0 Å². The van der Waals surface area contributed by atoms with E-state index >= 15 is 0 Å². The molecule has 1 heterocycles. The smallest absolute Gasteiger partial charge is 0.338 e. The van der Waals surface area contributed by atoms with Crippen LogP contribution in [0, 0.1) is 10.1 Å². The summed E-state index contributed by atoms with van der Waals surface area (Å²) in [6, 6.07) is 1.37. The Bertz CT molecular complexity index is 464. The number of ether oxygens (including phenoxy) is 1. The van der Waals surface area contributed by atoms with Crippen LogP contribution in [0.3, 0.4) is 0 Å². The van der Waals surface area contributed by atoms with Crippen LogP contribution in [0.2, 0.25) is 0 Å². The van der Waals surface area contributed by atoms with Gasteiger partial charge in [0, 0.05) is 17.0 Å².